The minimum absolute atomic E-state index is 0.194. The van der Waals surface area contributed by atoms with E-state index in [1.165, 1.54) is 17.0 Å². The highest BCUT2D eigenvalue weighted by Gasteiger charge is 2.37. The van der Waals surface area contributed by atoms with Gasteiger partial charge in [0.05, 0.1) is 6.04 Å². The number of hydrogen-bond donors (Lipinski definition) is 1. The number of likely N-dealkylation sites (tertiary alicyclic amines) is 1. The van der Waals surface area contributed by atoms with Crippen LogP contribution in [0.1, 0.15) is 51.6 Å². The third-order valence-electron chi connectivity index (χ3n) is 4.51. The van der Waals surface area contributed by atoms with Crippen molar-refractivity contribution in [3.8, 4) is 0 Å². The van der Waals surface area contributed by atoms with Gasteiger partial charge < -0.3 is 10.1 Å². The number of thioether (sulfide) groups is 1. The SMILES string of the molecule is CC(C)(C)OC(=O)N1CCCC1C(=O)NC1CCSc2ccc(F)cc21. The minimum atomic E-state index is -0.599. The molecule has 7 heteroatoms. The molecule has 1 aromatic rings. The van der Waals surface area contributed by atoms with E-state index in [0.717, 1.165) is 29.1 Å². The summed E-state index contributed by atoms with van der Waals surface area (Å²) in [5.74, 6) is 0.367. The molecule has 2 unspecified atom stereocenters. The second-order valence-corrected chi connectivity index (χ2v) is 8.85. The second-order valence-electron chi connectivity index (χ2n) is 7.71. The van der Waals surface area contributed by atoms with Crippen LogP contribution in [0.5, 0.6) is 0 Å². The molecule has 0 bridgehead atoms. The molecule has 26 heavy (non-hydrogen) atoms. The van der Waals surface area contributed by atoms with Crippen molar-refractivity contribution < 1.29 is 18.7 Å². The van der Waals surface area contributed by atoms with E-state index >= 15 is 0 Å². The van der Waals surface area contributed by atoms with Crippen LogP contribution >= 0.6 is 11.8 Å². The van der Waals surface area contributed by atoms with Crippen LogP contribution in [-0.4, -0.2) is 40.8 Å². The molecule has 1 fully saturated rings. The monoisotopic (exact) mass is 380 g/mol. The zero-order valence-corrected chi connectivity index (χ0v) is 16.2. The third-order valence-corrected chi connectivity index (χ3v) is 5.63. The number of amides is 2. The Morgan fingerprint density at radius 2 is 2.08 bits per heavy atom. The number of fused-ring (bicyclic) bond motifs is 1. The van der Waals surface area contributed by atoms with E-state index in [9.17, 15) is 14.0 Å². The quantitative estimate of drug-likeness (QED) is 0.846. The molecule has 1 aromatic carbocycles. The Labute approximate surface area is 157 Å². The number of rotatable bonds is 2. The number of hydrogen-bond acceptors (Lipinski definition) is 4. The standard InChI is InChI=1S/C19H25FN2O3S/c1-19(2,3)25-18(24)22-9-4-5-15(22)17(23)21-14-8-10-26-16-7-6-12(20)11-13(14)16/h6-7,11,14-15H,4-5,8-10H2,1-3H3,(H,21,23). The van der Waals surface area contributed by atoms with Crippen LogP contribution < -0.4 is 5.32 Å². The molecule has 2 heterocycles. The van der Waals surface area contributed by atoms with Crippen LogP contribution in [0.4, 0.5) is 9.18 Å². The highest BCUT2D eigenvalue weighted by Crippen LogP contribution is 2.36. The summed E-state index contributed by atoms with van der Waals surface area (Å²) in [5, 5.41) is 3.02. The molecule has 3 rings (SSSR count). The van der Waals surface area contributed by atoms with Gasteiger partial charge in [0.2, 0.25) is 5.91 Å². The normalized spacial score (nSPS) is 22.7. The summed E-state index contributed by atoms with van der Waals surface area (Å²) >= 11 is 1.67. The second kappa shape index (κ2) is 7.47. The fourth-order valence-corrected chi connectivity index (χ4v) is 4.47. The summed E-state index contributed by atoms with van der Waals surface area (Å²) in [7, 11) is 0. The molecule has 0 radical (unpaired) electrons. The maximum Gasteiger partial charge on any atom is 0.410 e. The van der Waals surface area contributed by atoms with Gasteiger partial charge in [-0.3, -0.25) is 9.69 Å². The molecule has 0 aliphatic carbocycles. The molecule has 0 saturated carbocycles. The minimum Gasteiger partial charge on any atom is -0.444 e. The van der Waals surface area contributed by atoms with Gasteiger partial charge in [-0.15, -0.1) is 11.8 Å². The average Bonchev–Trinajstić information content (AvgIpc) is 3.04. The van der Waals surface area contributed by atoms with Gasteiger partial charge in [-0.25, -0.2) is 9.18 Å². The molecule has 2 amide bonds. The molecule has 1 N–H and O–H groups in total. The molecule has 142 valence electrons. The Balaban J connectivity index is 1.70. The first-order valence-corrected chi connectivity index (χ1v) is 9.95. The number of nitrogens with one attached hydrogen (secondary N) is 1. The zero-order valence-electron chi connectivity index (χ0n) is 15.4. The van der Waals surface area contributed by atoms with Crippen LogP contribution in [0.3, 0.4) is 0 Å². The molecule has 1 saturated heterocycles. The fourth-order valence-electron chi connectivity index (χ4n) is 3.36. The predicted molar refractivity (Wildman–Crippen MR) is 98.6 cm³/mol. The number of carbonyl (C=O) groups excluding carboxylic acids is 2. The first-order chi connectivity index (χ1) is 12.2. The van der Waals surface area contributed by atoms with E-state index in [2.05, 4.69) is 5.32 Å². The first kappa shape index (κ1) is 19.0. The Morgan fingerprint density at radius 3 is 2.81 bits per heavy atom. The van der Waals surface area contributed by atoms with Gasteiger partial charge in [0.1, 0.15) is 17.5 Å². The number of benzene rings is 1. The van der Waals surface area contributed by atoms with E-state index in [0.29, 0.717) is 13.0 Å². The Hall–Kier alpha value is -1.76. The summed E-state index contributed by atoms with van der Waals surface area (Å²) in [5.41, 5.74) is 0.217. The van der Waals surface area contributed by atoms with E-state index in [1.807, 2.05) is 0 Å². The first-order valence-electron chi connectivity index (χ1n) is 8.97. The van der Waals surface area contributed by atoms with Crippen LogP contribution in [-0.2, 0) is 9.53 Å². The summed E-state index contributed by atoms with van der Waals surface area (Å²) < 4.78 is 19.1. The van der Waals surface area contributed by atoms with Crippen LogP contribution in [0.2, 0.25) is 0 Å². The lowest BCUT2D eigenvalue weighted by Gasteiger charge is -2.30. The molecule has 0 aromatic heterocycles. The molecule has 5 nitrogen and oxygen atoms in total. The Bertz CT molecular complexity index is 705. The van der Waals surface area contributed by atoms with E-state index < -0.39 is 17.7 Å². The summed E-state index contributed by atoms with van der Waals surface area (Å²) in [6, 6.07) is 3.94. The van der Waals surface area contributed by atoms with E-state index in [-0.39, 0.29) is 17.8 Å². The van der Waals surface area contributed by atoms with Crippen LogP contribution in [0.25, 0.3) is 0 Å². The highest BCUT2D eigenvalue weighted by molar-refractivity contribution is 7.99. The van der Waals surface area contributed by atoms with Gasteiger partial charge in [-0.1, -0.05) is 0 Å². The van der Waals surface area contributed by atoms with Crippen molar-refractivity contribution >= 4 is 23.8 Å². The lowest BCUT2D eigenvalue weighted by molar-refractivity contribution is -0.126. The topological polar surface area (TPSA) is 58.6 Å². The molecular formula is C19H25FN2O3S. The van der Waals surface area contributed by atoms with Gasteiger partial charge in [0.25, 0.3) is 0 Å². The molecule has 2 aliphatic heterocycles. The lowest BCUT2D eigenvalue weighted by atomic mass is 10.0. The maximum atomic E-state index is 13.6. The van der Waals surface area contributed by atoms with Crippen molar-refractivity contribution in [2.24, 2.45) is 0 Å². The van der Waals surface area contributed by atoms with Crippen LogP contribution in [0.15, 0.2) is 23.1 Å². The average molecular weight is 380 g/mol. The molecular weight excluding hydrogens is 355 g/mol. The van der Waals surface area contributed by atoms with E-state index in [1.54, 1.807) is 38.6 Å². The van der Waals surface area contributed by atoms with Gasteiger partial charge in [0.15, 0.2) is 0 Å². The number of halogens is 1. The molecule has 2 atom stereocenters. The molecule has 2 aliphatic rings. The smallest absolute Gasteiger partial charge is 0.410 e. The van der Waals surface area contributed by atoms with E-state index in [4.69, 9.17) is 4.74 Å². The zero-order chi connectivity index (χ0) is 18.9. The number of ether oxygens (including phenoxy) is 1. The van der Waals surface area contributed by atoms with Crippen molar-refractivity contribution in [3.63, 3.8) is 0 Å². The Kier molecular flexibility index (Phi) is 5.46. The van der Waals surface area contributed by atoms with Crippen LogP contribution in [0, 0.1) is 5.82 Å². The Morgan fingerprint density at radius 1 is 1.31 bits per heavy atom. The summed E-state index contributed by atoms with van der Waals surface area (Å²) in [4.78, 5) is 27.7. The van der Waals surface area contributed by atoms with Crippen molar-refractivity contribution in [2.75, 3.05) is 12.3 Å². The number of carbonyl (C=O) groups is 2. The van der Waals surface area contributed by atoms with Crippen molar-refractivity contribution in [3.05, 3.63) is 29.6 Å². The number of nitrogens with zero attached hydrogens (tertiary/aromatic N) is 1. The highest BCUT2D eigenvalue weighted by atomic mass is 32.2. The van der Waals surface area contributed by atoms with Crippen molar-refractivity contribution in [2.45, 2.75) is 62.6 Å². The van der Waals surface area contributed by atoms with Gasteiger partial charge in [0, 0.05) is 17.2 Å². The lowest BCUT2D eigenvalue weighted by Crippen LogP contribution is -2.48. The maximum absolute atomic E-state index is 13.6. The summed E-state index contributed by atoms with van der Waals surface area (Å²) in [6.07, 6.45) is 1.67. The third kappa shape index (κ3) is 4.31. The molecule has 0 spiro atoms. The van der Waals surface area contributed by atoms with Gasteiger partial charge in [-0.05, 0) is 63.8 Å². The van der Waals surface area contributed by atoms with Gasteiger partial charge in [-0.2, -0.15) is 0 Å². The fraction of sp³-hybridized carbons (Fsp3) is 0.579. The largest absolute Gasteiger partial charge is 0.444 e. The van der Waals surface area contributed by atoms with Gasteiger partial charge >= 0.3 is 6.09 Å². The predicted octanol–water partition coefficient (Wildman–Crippen LogP) is 3.88. The summed E-state index contributed by atoms with van der Waals surface area (Å²) in [6.45, 7) is 5.93. The van der Waals surface area contributed by atoms with Crippen molar-refractivity contribution in [1.82, 2.24) is 10.2 Å². The van der Waals surface area contributed by atoms with Crippen molar-refractivity contribution in [1.29, 1.82) is 0 Å².